The first-order valence-corrected chi connectivity index (χ1v) is 12.9. The number of nitriles is 1. The van der Waals surface area contributed by atoms with Crippen molar-refractivity contribution in [2.75, 3.05) is 64.4 Å². The molecule has 10 heteroatoms. The Balaban J connectivity index is 1.34. The minimum absolute atomic E-state index is 0.00289. The summed E-state index contributed by atoms with van der Waals surface area (Å²) in [5, 5.41) is 14.1. The number of rotatable bonds is 7. The lowest BCUT2D eigenvalue weighted by Crippen LogP contribution is -2.50. The number of hydrogen-bond donors (Lipinski definition) is 0. The molecule has 0 N–H and O–H groups in total. The Morgan fingerprint density at radius 3 is 2.79 bits per heavy atom. The highest BCUT2D eigenvalue weighted by Gasteiger charge is 2.24. The van der Waals surface area contributed by atoms with Gasteiger partial charge in [0.05, 0.1) is 36.0 Å². The summed E-state index contributed by atoms with van der Waals surface area (Å²) in [6.07, 6.45) is 6.86. The fourth-order valence-electron chi connectivity index (χ4n) is 4.91. The van der Waals surface area contributed by atoms with E-state index in [-0.39, 0.29) is 17.9 Å². The van der Waals surface area contributed by atoms with Crippen LogP contribution < -0.4 is 9.64 Å². The molecule has 0 bridgehead atoms. The third-order valence-electron chi connectivity index (χ3n) is 7.20. The van der Waals surface area contributed by atoms with E-state index in [1.807, 2.05) is 36.2 Å². The number of piperazine rings is 1. The summed E-state index contributed by atoms with van der Waals surface area (Å²) in [7, 11) is 2.08. The summed E-state index contributed by atoms with van der Waals surface area (Å²) < 4.78 is 13.6. The zero-order valence-corrected chi connectivity index (χ0v) is 21.9. The summed E-state index contributed by atoms with van der Waals surface area (Å²) in [4.78, 5) is 23.5. The molecule has 2 aliphatic heterocycles. The van der Waals surface area contributed by atoms with Crippen molar-refractivity contribution in [1.29, 1.82) is 5.26 Å². The number of carbonyl (C=O) groups is 1. The lowest BCUT2D eigenvalue weighted by Gasteiger charge is -2.36. The fourth-order valence-corrected chi connectivity index (χ4v) is 4.91. The van der Waals surface area contributed by atoms with Crippen LogP contribution in [-0.4, -0.2) is 95.9 Å². The monoisotopic (exact) mass is 515 g/mol. The molecule has 5 heterocycles. The number of pyridine rings is 2. The van der Waals surface area contributed by atoms with E-state index in [1.165, 1.54) is 0 Å². The van der Waals surface area contributed by atoms with E-state index in [0.717, 1.165) is 43.1 Å². The Kier molecular flexibility index (Phi) is 7.58. The topological polar surface area (TPSA) is 99.2 Å². The van der Waals surface area contributed by atoms with Gasteiger partial charge in [-0.3, -0.25) is 4.79 Å². The van der Waals surface area contributed by atoms with E-state index in [9.17, 15) is 10.1 Å². The van der Waals surface area contributed by atoms with E-state index in [2.05, 4.69) is 34.6 Å². The Bertz CT molecular complexity index is 1340. The van der Waals surface area contributed by atoms with Gasteiger partial charge in [-0.05, 0) is 25.2 Å². The average molecular weight is 516 g/mol. The van der Waals surface area contributed by atoms with Gasteiger partial charge in [0.25, 0.3) is 0 Å². The van der Waals surface area contributed by atoms with E-state index in [0.29, 0.717) is 43.1 Å². The summed E-state index contributed by atoms with van der Waals surface area (Å²) >= 11 is 0. The van der Waals surface area contributed by atoms with Crippen LogP contribution in [0.4, 0.5) is 5.82 Å². The highest BCUT2D eigenvalue weighted by molar-refractivity contribution is 5.85. The number of nitrogens with zero attached hydrogens (tertiary/aromatic N) is 7. The van der Waals surface area contributed by atoms with Crippen molar-refractivity contribution >= 4 is 17.2 Å². The second-order valence-electron chi connectivity index (χ2n) is 9.86. The molecule has 198 valence electrons. The van der Waals surface area contributed by atoms with Gasteiger partial charge in [0.2, 0.25) is 5.91 Å². The number of aromatic nitrogens is 3. The number of amides is 1. The van der Waals surface area contributed by atoms with Crippen LogP contribution in [0.1, 0.15) is 12.5 Å². The number of anilines is 1. The molecular formula is C28H33N7O3. The third-order valence-corrected chi connectivity index (χ3v) is 7.20. The van der Waals surface area contributed by atoms with E-state index in [4.69, 9.17) is 14.5 Å². The van der Waals surface area contributed by atoms with Crippen molar-refractivity contribution in [2.45, 2.75) is 13.0 Å². The Hall–Kier alpha value is -3.94. The molecule has 10 nitrogen and oxygen atoms in total. The van der Waals surface area contributed by atoms with Crippen molar-refractivity contribution < 1.29 is 14.3 Å². The second kappa shape index (κ2) is 11.2. The van der Waals surface area contributed by atoms with Crippen LogP contribution in [0.25, 0.3) is 16.6 Å². The molecule has 1 unspecified atom stereocenters. The van der Waals surface area contributed by atoms with Crippen molar-refractivity contribution in [3.05, 3.63) is 55.0 Å². The number of ether oxygens (including phenoxy) is 2. The van der Waals surface area contributed by atoms with Crippen molar-refractivity contribution in [3.8, 4) is 22.9 Å². The standard InChI is InChI=1S/C28H33N7O3/c1-4-20(2)28(36)34-9-7-33(8-10-34)26-6-5-21(15-30-26)25-13-23(18-35-27(25)22(14-29)16-31-35)38-19-24-17-32(3)11-12-37-24/h4-6,13,15-16,18,20,24H,1,7-12,17,19H2,2-3H3/t20?,24-/m0/s1. The molecule has 2 aliphatic rings. The summed E-state index contributed by atoms with van der Waals surface area (Å²) in [5.41, 5.74) is 2.89. The van der Waals surface area contributed by atoms with Gasteiger partial charge >= 0.3 is 0 Å². The average Bonchev–Trinajstić information content (AvgIpc) is 3.38. The quantitative estimate of drug-likeness (QED) is 0.443. The van der Waals surface area contributed by atoms with Gasteiger partial charge in [0.1, 0.15) is 30.3 Å². The Morgan fingerprint density at radius 2 is 2.11 bits per heavy atom. The summed E-state index contributed by atoms with van der Waals surface area (Å²) in [6, 6.07) is 8.17. The molecule has 2 saturated heterocycles. The number of morpholine rings is 1. The predicted octanol–water partition coefficient (Wildman–Crippen LogP) is 2.45. The van der Waals surface area contributed by atoms with E-state index >= 15 is 0 Å². The first-order valence-electron chi connectivity index (χ1n) is 12.9. The third kappa shape index (κ3) is 5.35. The van der Waals surface area contributed by atoms with Crippen LogP contribution in [0, 0.1) is 17.2 Å². The second-order valence-corrected chi connectivity index (χ2v) is 9.86. The first kappa shape index (κ1) is 25.7. The van der Waals surface area contributed by atoms with Gasteiger partial charge in [-0.1, -0.05) is 13.0 Å². The maximum Gasteiger partial charge on any atom is 0.229 e. The Morgan fingerprint density at radius 1 is 1.29 bits per heavy atom. The minimum atomic E-state index is -0.172. The molecule has 0 aliphatic carbocycles. The molecule has 2 atom stereocenters. The van der Waals surface area contributed by atoms with E-state index in [1.54, 1.807) is 23.0 Å². The maximum absolute atomic E-state index is 12.5. The SMILES string of the molecule is C=CC(C)C(=O)N1CCN(c2ccc(-c3cc(OC[C@@H]4CN(C)CCO4)cn4ncc(C#N)c34)cn2)CC1. The van der Waals surface area contributed by atoms with Crippen LogP contribution in [0.15, 0.2) is 49.4 Å². The highest BCUT2D eigenvalue weighted by atomic mass is 16.5. The first-order chi connectivity index (χ1) is 18.5. The zero-order chi connectivity index (χ0) is 26.6. The summed E-state index contributed by atoms with van der Waals surface area (Å²) in [5.74, 6) is 1.45. The van der Waals surface area contributed by atoms with Gasteiger partial charge in [-0.2, -0.15) is 10.4 Å². The molecule has 2 fully saturated rings. The maximum atomic E-state index is 12.5. The fraction of sp³-hybridized carbons (Fsp3) is 0.429. The molecule has 1 amide bonds. The molecule has 0 radical (unpaired) electrons. The van der Waals surface area contributed by atoms with E-state index < -0.39 is 0 Å². The van der Waals surface area contributed by atoms with Gasteiger partial charge in [-0.25, -0.2) is 9.50 Å². The van der Waals surface area contributed by atoms with Crippen LogP contribution >= 0.6 is 0 Å². The van der Waals surface area contributed by atoms with Crippen LogP contribution in [0.3, 0.4) is 0 Å². The number of fused-ring (bicyclic) bond motifs is 1. The van der Waals surface area contributed by atoms with Gasteiger partial charge in [-0.15, -0.1) is 6.58 Å². The smallest absolute Gasteiger partial charge is 0.229 e. The predicted molar refractivity (Wildman–Crippen MR) is 144 cm³/mol. The number of hydrogen-bond acceptors (Lipinski definition) is 8. The van der Waals surface area contributed by atoms with Crippen LogP contribution in [0.5, 0.6) is 5.75 Å². The zero-order valence-electron chi connectivity index (χ0n) is 21.9. The van der Waals surface area contributed by atoms with Crippen molar-refractivity contribution in [1.82, 2.24) is 24.4 Å². The molecule has 3 aromatic heterocycles. The van der Waals surface area contributed by atoms with Crippen LogP contribution in [0.2, 0.25) is 0 Å². The van der Waals surface area contributed by atoms with Gasteiger partial charge in [0.15, 0.2) is 0 Å². The molecule has 38 heavy (non-hydrogen) atoms. The molecular weight excluding hydrogens is 482 g/mol. The largest absolute Gasteiger partial charge is 0.489 e. The van der Waals surface area contributed by atoms with Crippen molar-refractivity contribution in [3.63, 3.8) is 0 Å². The molecule has 5 rings (SSSR count). The van der Waals surface area contributed by atoms with Gasteiger partial charge < -0.3 is 24.2 Å². The van der Waals surface area contributed by atoms with Crippen LogP contribution in [-0.2, 0) is 9.53 Å². The molecule has 0 saturated carbocycles. The Labute approximate surface area is 222 Å². The highest BCUT2D eigenvalue weighted by Crippen LogP contribution is 2.31. The lowest BCUT2D eigenvalue weighted by atomic mass is 10.1. The number of carbonyl (C=O) groups excluding carboxylic acids is 1. The summed E-state index contributed by atoms with van der Waals surface area (Å²) in [6.45, 7) is 11.2. The number of likely N-dealkylation sites (N-methyl/N-ethyl adjacent to an activating group) is 1. The minimum Gasteiger partial charge on any atom is -0.489 e. The normalized spacial score (nSPS) is 19.2. The molecule has 0 spiro atoms. The van der Waals surface area contributed by atoms with Crippen molar-refractivity contribution in [2.24, 2.45) is 5.92 Å². The molecule has 3 aromatic rings. The molecule has 0 aromatic carbocycles. The lowest BCUT2D eigenvalue weighted by molar-refractivity contribution is -0.133. The van der Waals surface area contributed by atoms with Gasteiger partial charge in [0, 0.05) is 56.6 Å².